The SMILES string of the molecule is CCc1nc2ccc(Br)cn2c1C(=O)N(CCO)CCO. The van der Waals surface area contributed by atoms with Crippen LogP contribution in [0, 0.1) is 0 Å². The molecular weight excluding hydrogens is 338 g/mol. The van der Waals surface area contributed by atoms with E-state index >= 15 is 0 Å². The molecule has 0 radical (unpaired) electrons. The van der Waals surface area contributed by atoms with Crippen molar-refractivity contribution in [1.29, 1.82) is 0 Å². The molecule has 0 saturated heterocycles. The van der Waals surface area contributed by atoms with Gasteiger partial charge >= 0.3 is 0 Å². The second-order valence-electron chi connectivity index (χ2n) is 4.58. The van der Waals surface area contributed by atoms with Gasteiger partial charge in [0.05, 0.1) is 18.9 Å². The molecule has 0 aromatic carbocycles. The van der Waals surface area contributed by atoms with Crippen molar-refractivity contribution in [3.63, 3.8) is 0 Å². The molecule has 0 aliphatic carbocycles. The Morgan fingerprint density at radius 1 is 1.33 bits per heavy atom. The first kappa shape index (κ1) is 15.9. The summed E-state index contributed by atoms with van der Waals surface area (Å²) in [5.41, 5.74) is 1.89. The second-order valence-corrected chi connectivity index (χ2v) is 5.49. The Bertz CT molecular complexity index is 636. The number of fused-ring (bicyclic) bond motifs is 1. The van der Waals surface area contributed by atoms with Crippen LogP contribution in [0.4, 0.5) is 0 Å². The van der Waals surface area contributed by atoms with Crippen LogP contribution >= 0.6 is 15.9 Å². The number of aromatic nitrogens is 2. The number of aryl methyl sites for hydroxylation is 1. The molecule has 2 aromatic rings. The first-order valence-corrected chi connectivity index (χ1v) is 7.59. The van der Waals surface area contributed by atoms with Gasteiger partial charge in [0.2, 0.25) is 0 Å². The summed E-state index contributed by atoms with van der Waals surface area (Å²) in [5, 5.41) is 18.2. The van der Waals surface area contributed by atoms with E-state index in [-0.39, 0.29) is 32.2 Å². The lowest BCUT2D eigenvalue weighted by Gasteiger charge is -2.20. The molecule has 0 fully saturated rings. The molecule has 2 heterocycles. The van der Waals surface area contributed by atoms with E-state index in [0.717, 1.165) is 4.47 Å². The van der Waals surface area contributed by atoms with Gasteiger partial charge < -0.3 is 15.1 Å². The molecule has 21 heavy (non-hydrogen) atoms. The van der Waals surface area contributed by atoms with Crippen LogP contribution in [0.5, 0.6) is 0 Å². The number of rotatable bonds is 6. The van der Waals surface area contributed by atoms with Crippen molar-refractivity contribution in [3.8, 4) is 0 Å². The zero-order valence-electron chi connectivity index (χ0n) is 11.8. The van der Waals surface area contributed by atoms with Crippen LogP contribution in [-0.2, 0) is 6.42 Å². The van der Waals surface area contributed by atoms with Crippen molar-refractivity contribution >= 4 is 27.5 Å². The third-order valence-corrected chi connectivity index (χ3v) is 3.69. The topological polar surface area (TPSA) is 78.1 Å². The Labute approximate surface area is 131 Å². The molecule has 1 amide bonds. The van der Waals surface area contributed by atoms with E-state index in [2.05, 4.69) is 20.9 Å². The maximum absolute atomic E-state index is 12.7. The van der Waals surface area contributed by atoms with Gasteiger partial charge in [-0.15, -0.1) is 0 Å². The molecule has 2 aromatic heterocycles. The predicted molar refractivity (Wildman–Crippen MR) is 82.3 cm³/mol. The van der Waals surface area contributed by atoms with Gasteiger partial charge in [0.25, 0.3) is 5.91 Å². The lowest BCUT2D eigenvalue weighted by molar-refractivity contribution is 0.0676. The van der Waals surface area contributed by atoms with Crippen LogP contribution in [0.15, 0.2) is 22.8 Å². The van der Waals surface area contributed by atoms with Crippen LogP contribution in [0.3, 0.4) is 0 Å². The standard InChI is InChI=1S/C14H18BrN3O3/c1-2-11-13(14(21)17(5-7-19)6-8-20)18-9-10(15)3-4-12(18)16-11/h3-4,9,19-20H,2,5-8H2,1H3. The predicted octanol–water partition coefficient (Wildman–Crippen LogP) is 1.09. The van der Waals surface area contributed by atoms with Crippen LogP contribution in [0.2, 0.25) is 0 Å². The van der Waals surface area contributed by atoms with Crippen molar-refractivity contribution in [3.05, 3.63) is 34.2 Å². The van der Waals surface area contributed by atoms with Gasteiger partial charge in [0.15, 0.2) is 0 Å². The summed E-state index contributed by atoms with van der Waals surface area (Å²) in [7, 11) is 0. The largest absolute Gasteiger partial charge is 0.395 e. The molecule has 2 N–H and O–H groups in total. The van der Waals surface area contributed by atoms with Crippen LogP contribution in [-0.4, -0.2) is 56.7 Å². The number of carbonyl (C=O) groups excluding carboxylic acids is 1. The highest BCUT2D eigenvalue weighted by Crippen LogP contribution is 2.19. The monoisotopic (exact) mass is 355 g/mol. The van der Waals surface area contributed by atoms with Gasteiger partial charge in [0.1, 0.15) is 11.3 Å². The number of aliphatic hydroxyl groups excluding tert-OH is 2. The van der Waals surface area contributed by atoms with Crippen LogP contribution < -0.4 is 0 Å². The van der Waals surface area contributed by atoms with Gasteiger partial charge in [-0.05, 0) is 34.5 Å². The number of nitrogens with zero attached hydrogens (tertiary/aromatic N) is 3. The average molecular weight is 356 g/mol. The Morgan fingerprint density at radius 3 is 2.57 bits per heavy atom. The van der Waals surface area contributed by atoms with Crippen molar-refractivity contribution in [2.75, 3.05) is 26.3 Å². The summed E-state index contributed by atoms with van der Waals surface area (Å²) in [5.74, 6) is -0.236. The number of hydrogen-bond acceptors (Lipinski definition) is 4. The highest BCUT2D eigenvalue weighted by Gasteiger charge is 2.23. The molecule has 6 nitrogen and oxygen atoms in total. The maximum Gasteiger partial charge on any atom is 0.272 e. The molecule has 2 rings (SSSR count). The minimum Gasteiger partial charge on any atom is -0.395 e. The first-order chi connectivity index (χ1) is 10.1. The highest BCUT2D eigenvalue weighted by atomic mass is 79.9. The fraction of sp³-hybridized carbons (Fsp3) is 0.429. The summed E-state index contributed by atoms with van der Waals surface area (Å²) < 4.78 is 2.59. The Hall–Kier alpha value is -1.44. The van der Waals surface area contributed by atoms with Gasteiger partial charge in [-0.2, -0.15) is 0 Å². The van der Waals surface area contributed by atoms with E-state index in [0.29, 0.717) is 23.5 Å². The number of imidazole rings is 1. The third-order valence-electron chi connectivity index (χ3n) is 3.22. The second kappa shape index (κ2) is 7.02. The molecule has 0 unspecified atom stereocenters. The number of carbonyl (C=O) groups is 1. The zero-order valence-corrected chi connectivity index (χ0v) is 13.4. The lowest BCUT2D eigenvalue weighted by Crippen LogP contribution is -2.37. The van der Waals surface area contributed by atoms with Crippen molar-refractivity contribution in [2.24, 2.45) is 0 Å². The molecule has 7 heteroatoms. The molecule has 114 valence electrons. The lowest BCUT2D eigenvalue weighted by atomic mass is 10.2. The number of pyridine rings is 1. The molecule has 0 bridgehead atoms. The average Bonchev–Trinajstić information content (AvgIpc) is 2.84. The molecule has 0 aliphatic heterocycles. The van der Waals surface area contributed by atoms with Gasteiger partial charge in [0, 0.05) is 23.8 Å². The minimum atomic E-state index is -0.236. The quantitative estimate of drug-likeness (QED) is 0.812. The fourth-order valence-corrected chi connectivity index (χ4v) is 2.58. The third kappa shape index (κ3) is 3.25. The van der Waals surface area contributed by atoms with Gasteiger partial charge in [-0.3, -0.25) is 9.20 Å². The molecule has 0 saturated carbocycles. The van der Waals surface area contributed by atoms with E-state index in [1.54, 1.807) is 10.6 Å². The van der Waals surface area contributed by atoms with Crippen LogP contribution in [0.1, 0.15) is 23.1 Å². The Kier molecular flexibility index (Phi) is 5.33. The molecular formula is C14H18BrN3O3. The summed E-state index contributed by atoms with van der Waals surface area (Å²) in [6, 6.07) is 3.71. The summed E-state index contributed by atoms with van der Waals surface area (Å²) in [4.78, 5) is 18.6. The Morgan fingerprint density at radius 2 is 2.00 bits per heavy atom. The van der Waals surface area contributed by atoms with Crippen molar-refractivity contribution < 1.29 is 15.0 Å². The van der Waals surface area contributed by atoms with Gasteiger partial charge in [-0.1, -0.05) is 6.92 Å². The molecule has 0 aliphatic rings. The van der Waals surface area contributed by atoms with E-state index < -0.39 is 0 Å². The number of aliphatic hydroxyl groups is 2. The summed E-state index contributed by atoms with van der Waals surface area (Å²) in [6.45, 7) is 2.02. The van der Waals surface area contributed by atoms with Crippen molar-refractivity contribution in [1.82, 2.24) is 14.3 Å². The summed E-state index contributed by atoms with van der Waals surface area (Å²) in [6.07, 6.45) is 2.43. The van der Waals surface area contributed by atoms with Crippen LogP contribution in [0.25, 0.3) is 5.65 Å². The van der Waals surface area contributed by atoms with E-state index in [1.807, 2.05) is 19.1 Å². The highest BCUT2D eigenvalue weighted by molar-refractivity contribution is 9.10. The normalized spacial score (nSPS) is 11.0. The van der Waals surface area contributed by atoms with E-state index in [9.17, 15) is 4.79 Å². The van der Waals surface area contributed by atoms with E-state index in [1.165, 1.54) is 4.90 Å². The zero-order chi connectivity index (χ0) is 15.4. The smallest absolute Gasteiger partial charge is 0.272 e. The Balaban J connectivity index is 2.51. The maximum atomic E-state index is 12.7. The molecule has 0 atom stereocenters. The number of halogens is 1. The van der Waals surface area contributed by atoms with Crippen molar-refractivity contribution in [2.45, 2.75) is 13.3 Å². The molecule has 0 spiro atoms. The van der Waals surface area contributed by atoms with Gasteiger partial charge in [-0.25, -0.2) is 4.98 Å². The number of amides is 1. The van der Waals surface area contributed by atoms with E-state index in [4.69, 9.17) is 10.2 Å². The fourth-order valence-electron chi connectivity index (χ4n) is 2.25. The first-order valence-electron chi connectivity index (χ1n) is 6.79. The number of hydrogen-bond donors (Lipinski definition) is 2. The minimum absolute atomic E-state index is 0.145. The summed E-state index contributed by atoms with van der Waals surface area (Å²) >= 11 is 3.39.